The highest BCUT2D eigenvalue weighted by atomic mass is 16.5. The molecule has 0 aliphatic heterocycles. The molecule has 4 fully saturated rings. The predicted molar refractivity (Wildman–Crippen MR) is 57.4 cm³/mol. The van der Waals surface area contributed by atoms with Crippen LogP contribution in [-0.2, 0) is 9.53 Å². The van der Waals surface area contributed by atoms with Gasteiger partial charge in [0, 0.05) is 11.8 Å². The Kier molecular flexibility index (Phi) is 2.03. The van der Waals surface area contributed by atoms with Crippen molar-refractivity contribution in [1.82, 2.24) is 0 Å². The third-order valence-electron chi connectivity index (χ3n) is 4.45. The molecule has 2 heteroatoms. The van der Waals surface area contributed by atoms with Gasteiger partial charge in [0.1, 0.15) is 5.78 Å². The van der Waals surface area contributed by atoms with Crippen molar-refractivity contribution in [2.75, 3.05) is 6.61 Å². The minimum atomic E-state index is 0.0403. The Labute approximate surface area is 90.7 Å². The summed E-state index contributed by atoms with van der Waals surface area (Å²) in [7, 11) is 0. The smallest absolute Gasteiger partial charge is 0.139 e. The molecule has 82 valence electrons. The second-order valence-electron chi connectivity index (χ2n) is 5.53. The number of hydrogen-bond donors (Lipinski definition) is 0. The number of Topliss-reactive ketones (excluding diaryl/α,β-unsaturated/α-hetero) is 1. The van der Waals surface area contributed by atoms with Gasteiger partial charge >= 0.3 is 0 Å². The lowest BCUT2D eigenvalue weighted by Crippen LogP contribution is -2.56. The Morgan fingerprint density at radius 2 is 2.00 bits per heavy atom. The number of hydrogen-bond acceptors (Lipinski definition) is 2. The molecule has 4 bridgehead atoms. The van der Waals surface area contributed by atoms with Crippen molar-refractivity contribution in [3.05, 3.63) is 12.7 Å². The summed E-state index contributed by atoms with van der Waals surface area (Å²) >= 11 is 0. The quantitative estimate of drug-likeness (QED) is 0.662. The van der Waals surface area contributed by atoms with Gasteiger partial charge in [0.2, 0.25) is 0 Å². The lowest BCUT2D eigenvalue weighted by atomic mass is 9.53. The molecule has 2 nitrogen and oxygen atoms in total. The molecular weight excluding hydrogens is 188 g/mol. The van der Waals surface area contributed by atoms with Gasteiger partial charge in [-0.3, -0.25) is 4.79 Å². The van der Waals surface area contributed by atoms with Crippen molar-refractivity contribution < 1.29 is 9.53 Å². The number of carbonyl (C=O) groups excluding carboxylic acids is 1. The second kappa shape index (κ2) is 3.18. The molecular formula is C13H18O2. The highest BCUT2D eigenvalue weighted by molar-refractivity contribution is 5.85. The molecule has 0 aromatic carbocycles. The molecule has 0 saturated heterocycles. The maximum Gasteiger partial charge on any atom is 0.139 e. The maximum absolute atomic E-state index is 11.9. The molecule has 4 rings (SSSR count). The second-order valence-corrected chi connectivity index (χ2v) is 5.53. The van der Waals surface area contributed by atoms with Crippen molar-refractivity contribution in [2.24, 2.45) is 17.8 Å². The summed E-state index contributed by atoms with van der Waals surface area (Å²) in [4.78, 5) is 11.9. The van der Waals surface area contributed by atoms with E-state index in [2.05, 4.69) is 6.58 Å². The molecule has 0 radical (unpaired) electrons. The molecule has 4 aliphatic carbocycles. The monoisotopic (exact) mass is 206 g/mol. The minimum Gasteiger partial charge on any atom is -0.371 e. The van der Waals surface area contributed by atoms with Gasteiger partial charge in [-0.15, -0.1) is 6.58 Å². The van der Waals surface area contributed by atoms with E-state index in [0.29, 0.717) is 24.2 Å². The van der Waals surface area contributed by atoms with Crippen LogP contribution in [0.3, 0.4) is 0 Å². The summed E-state index contributed by atoms with van der Waals surface area (Å²) in [5, 5.41) is 0. The predicted octanol–water partition coefficient (Wildman–Crippen LogP) is 2.34. The van der Waals surface area contributed by atoms with Crippen LogP contribution in [0.15, 0.2) is 12.7 Å². The van der Waals surface area contributed by atoms with Crippen LogP contribution in [0.5, 0.6) is 0 Å². The lowest BCUT2D eigenvalue weighted by molar-refractivity contribution is -0.172. The molecule has 2 atom stereocenters. The van der Waals surface area contributed by atoms with E-state index in [9.17, 15) is 4.79 Å². The van der Waals surface area contributed by atoms with Gasteiger partial charge in [0.15, 0.2) is 0 Å². The average Bonchev–Trinajstić information content (AvgIpc) is 2.22. The summed E-state index contributed by atoms with van der Waals surface area (Å²) < 4.78 is 5.97. The van der Waals surface area contributed by atoms with Crippen LogP contribution < -0.4 is 0 Å². The third kappa shape index (κ3) is 1.38. The van der Waals surface area contributed by atoms with Crippen molar-refractivity contribution >= 4 is 5.78 Å². The van der Waals surface area contributed by atoms with E-state index in [4.69, 9.17) is 4.74 Å². The summed E-state index contributed by atoms with van der Waals surface area (Å²) in [5.74, 6) is 1.93. The summed E-state index contributed by atoms with van der Waals surface area (Å²) in [6.07, 6.45) is 7.23. The van der Waals surface area contributed by atoms with Crippen molar-refractivity contribution in [1.29, 1.82) is 0 Å². The van der Waals surface area contributed by atoms with Crippen molar-refractivity contribution in [3.63, 3.8) is 0 Å². The van der Waals surface area contributed by atoms with Gasteiger partial charge in [0.25, 0.3) is 0 Å². The fourth-order valence-electron chi connectivity index (χ4n) is 4.09. The Morgan fingerprint density at radius 3 is 2.60 bits per heavy atom. The number of ketones is 1. The molecule has 4 aliphatic rings. The first-order valence-corrected chi connectivity index (χ1v) is 6.01. The molecule has 4 saturated carbocycles. The van der Waals surface area contributed by atoms with Gasteiger partial charge < -0.3 is 4.74 Å². The van der Waals surface area contributed by atoms with Gasteiger partial charge in [-0.2, -0.15) is 0 Å². The van der Waals surface area contributed by atoms with Crippen LogP contribution in [0.4, 0.5) is 0 Å². The molecule has 0 heterocycles. The molecule has 0 aromatic rings. The van der Waals surface area contributed by atoms with Crippen molar-refractivity contribution in [3.8, 4) is 0 Å². The van der Waals surface area contributed by atoms with Crippen molar-refractivity contribution in [2.45, 2.75) is 37.7 Å². The Morgan fingerprint density at radius 1 is 1.33 bits per heavy atom. The van der Waals surface area contributed by atoms with E-state index in [1.54, 1.807) is 0 Å². The Hall–Kier alpha value is -0.630. The molecule has 0 N–H and O–H groups in total. The van der Waals surface area contributed by atoms with Gasteiger partial charge in [-0.25, -0.2) is 0 Å². The first-order chi connectivity index (χ1) is 7.22. The van der Waals surface area contributed by atoms with Gasteiger partial charge in [-0.1, -0.05) is 6.08 Å². The third-order valence-corrected chi connectivity index (χ3v) is 4.45. The minimum absolute atomic E-state index is 0.0403. The molecule has 15 heavy (non-hydrogen) atoms. The van der Waals surface area contributed by atoms with Crippen LogP contribution in [0, 0.1) is 17.8 Å². The van der Waals surface area contributed by atoms with E-state index < -0.39 is 0 Å². The lowest BCUT2D eigenvalue weighted by Gasteiger charge is -2.55. The number of carbonyl (C=O) groups is 1. The largest absolute Gasteiger partial charge is 0.371 e. The molecule has 2 unspecified atom stereocenters. The summed E-state index contributed by atoms with van der Waals surface area (Å²) in [5.41, 5.74) is 0.0403. The zero-order valence-electron chi connectivity index (χ0n) is 9.08. The molecule has 0 amide bonds. The average molecular weight is 206 g/mol. The Bertz CT molecular complexity index is 290. The van der Waals surface area contributed by atoms with E-state index in [0.717, 1.165) is 31.6 Å². The van der Waals surface area contributed by atoms with E-state index in [1.807, 2.05) is 6.08 Å². The van der Waals surface area contributed by atoms with E-state index in [-0.39, 0.29) is 5.60 Å². The van der Waals surface area contributed by atoms with E-state index >= 15 is 0 Å². The van der Waals surface area contributed by atoms with Crippen LogP contribution in [-0.4, -0.2) is 18.0 Å². The topological polar surface area (TPSA) is 26.3 Å². The highest BCUT2D eigenvalue weighted by Gasteiger charge is 2.55. The zero-order valence-corrected chi connectivity index (χ0v) is 9.08. The van der Waals surface area contributed by atoms with Crippen LogP contribution in [0.2, 0.25) is 0 Å². The maximum atomic E-state index is 11.9. The molecule has 0 aromatic heterocycles. The first kappa shape index (κ1) is 9.59. The van der Waals surface area contributed by atoms with Crippen LogP contribution in [0.1, 0.15) is 32.1 Å². The summed E-state index contributed by atoms with van der Waals surface area (Å²) in [6, 6.07) is 0. The first-order valence-electron chi connectivity index (χ1n) is 6.01. The normalized spacial score (nSPS) is 47.2. The van der Waals surface area contributed by atoms with Crippen LogP contribution in [0.25, 0.3) is 0 Å². The number of rotatable bonds is 3. The SMILES string of the molecule is C=CCOC12CC3CC(C1)C(=O)C(C3)C2. The highest BCUT2D eigenvalue weighted by Crippen LogP contribution is 2.55. The zero-order chi connectivity index (χ0) is 10.5. The van der Waals surface area contributed by atoms with Gasteiger partial charge in [0.05, 0.1) is 12.2 Å². The van der Waals surface area contributed by atoms with Crippen LogP contribution >= 0.6 is 0 Å². The van der Waals surface area contributed by atoms with Gasteiger partial charge in [-0.05, 0) is 38.0 Å². The standard InChI is InChI=1S/C13H18O2/c1-2-3-15-13-6-9-4-10(7-13)12(14)11(5-9)8-13/h2,9-11H,1,3-8H2. The number of ether oxygens (including phenoxy) is 1. The fourth-order valence-corrected chi connectivity index (χ4v) is 4.09. The Balaban J connectivity index is 1.82. The molecule has 0 spiro atoms. The fraction of sp³-hybridized carbons (Fsp3) is 0.769. The summed E-state index contributed by atoms with van der Waals surface area (Å²) in [6.45, 7) is 4.34. The van der Waals surface area contributed by atoms with E-state index in [1.165, 1.54) is 6.42 Å².